The van der Waals surface area contributed by atoms with Gasteiger partial charge in [-0.25, -0.2) is 8.42 Å². The minimum absolute atomic E-state index is 0.0631. The summed E-state index contributed by atoms with van der Waals surface area (Å²) >= 11 is 6.05. The molecule has 9 nitrogen and oxygen atoms in total. The van der Waals surface area contributed by atoms with Crippen LogP contribution in [0.4, 0.5) is 5.69 Å². The number of likely N-dealkylation sites (N-methyl/N-ethyl adjacent to an activating group) is 1. The van der Waals surface area contributed by atoms with Gasteiger partial charge in [-0.3, -0.25) is 14.3 Å². The molecule has 0 radical (unpaired) electrons. The topological polar surface area (TPSA) is 111 Å². The standard InChI is InChI=1S/C23H25ClN2O7S/c1-26-18-9-8-15(12-22(27)31-2)33-20(18)13-32-19-10-7-14(11-16(19)23(26)28)25-34(29,30)21-6-4-3-5-17(21)24/h3-7,10-11,15,18,20,25H,8-9,12-13H2,1-2H3/t15-,18+,20+/m1/s1. The lowest BCUT2D eigenvalue weighted by Gasteiger charge is -2.42. The summed E-state index contributed by atoms with van der Waals surface area (Å²) in [7, 11) is -0.948. The van der Waals surface area contributed by atoms with Crippen molar-refractivity contribution >= 4 is 39.2 Å². The van der Waals surface area contributed by atoms with Gasteiger partial charge in [-0.2, -0.15) is 0 Å². The third kappa shape index (κ3) is 4.98. The number of benzene rings is 2. The maximum Gasteiger partial charge on any atom is 0.308 e. The van der Waals surface area contributed by atoms with Gasteiger partial charge >= 0.3 is 5.97 Å². The van der Waals surface area contributed by atoms with E-state index in [0.717, 1.165) is 0 Å². The molecular formula is C23H25ClN2O7S. The van der Waals surface area contributed by atoms with E-state index in [-0.39, 0.29) is 58.2 Å². The second-order valence-corrected chi connectivity index (χ2v) is 10.3. The number of sulfonamides is 1. The number of nitrogens with zero attached hydrogens (tertiary/aromatic N) is 1. The number of amides is 1. The van der Waals surface area contributed by atoms with E-state index in [9.17, 15) is 18.0 Å². The molecule has 1 N–H and O–H groups in total. The quantitative estimate of drug-likeness (QED) is 0.618. The number of anilines is 1. The number of fused-ring (bicyclic) bond motifs is 2. The van der Waals surface area contributed by atoms with E-state index in [1.54, 1.807) is 30.1 Å². The van der Waals surface area contributed by atoms with Crippen molar-refractivity contribution in [2.75, 3.05) is 25.5 Å². The molecule has 0 spiro atoms. The Morgan fingerprint density at radius 3 is 2.74 bits per heavy atom. The Morgan fingerprint density at radius 2 is 2.00 bits per heavy atom. The van der Waals surface area contributed by atoms with Gasteiger partial charge in [0.2, 0.25) is 0 Å². The van der Waals surface area contributed by atoms with E-state index >= 15 is 0 Å². The van der Waals surface area contributed by atoms with E-state index in [1.165, 1.54) is 31.4 Å². The average molecular weight is 509 g/mol. The van der Waals surface area contributed by atoms with Crippen LogP contribution in [0.15, 0.2) is 47.4 Å². The largest absolute Gasteiger partial charge is 0.490 e. The molecule has 0 saturated carbocycles. The zero-order chi connectivity index (χ0) is 24.5. The Kier molecular flexibility index (Phi) is 7.01. The summed E-state index contributed by atoms with van der Waals surface area (Å²) in [6.45, 7) is 0.178. The van der Waals surface area contributed by atoms with Crippen LogP contribution in [0.2, 0.25) is 5.02 Å². The lowest BCUT2D eigenvalue weighted by atomic mass is 9.94. The van der Waals surface area contributed by atoms with Crippen LogP contribution in [-0.4, -0.2) is 64.2 Å². The van der Waals surface area contributed by atoms with Gasteiger partial charge in [0, 0.05) is 12.7 Å². The van der Waals surface area contributed by atoms with E-state index in [1.807, 2.05) is 0 Å². The molecular weight excluding hydrogens is 484 g/mol. The highest BCUT2D eigenvalue weighted by Crippen LogP contribution is 2.33. The van der Waals surface area contributed by atoms with Crippen LogP contribution in [0, 0.1) is 0 Å². The molecule has 0 unspecified atom stereocenters. The normalized spacial score (nSPS) is 22.5. The van der Waals surface area contributed by atoms with Gasteiger partial charge in [-0.15, -0.1) is 0 Å². The summed E-state index contributed by atoms with van der Waals surface area (Å²) in [6.07, 6.45) is 0.651. The fourth-order valence-electron chi connectivity index (χ4n) is 4.23. The van der Waals surface area contributed by atoms with Crippen molar-refractivity contribution in [3.63, 3.8) is 0 Å². The van der Waals surface area contributed by atoms with Crippen molar-refractivity contribution < 1.29 is 32.2 Å². The molecule has 1 saturated heterocycles. The molecule has 34 heavy (non-hydrogen) atoms. The SMILES string of the molecule is COC(=O)C[C@H]1CC[C@H]2[C@H](COc3ccc(NS(=O)(=O)c4ccccc4Cl)cc3C(=O)N2C)O1. The number of nitrogens with one attached hydrogen (secondary N) is 1. The molecule has 1 amide bonds. The average Bonchev–Trinajstić information content (AvgIpc) is 2.81. The fraction of sp³-hybridized carbons (Fsp3) is 0.391. The van der Waals surface area contributed by atoms with Crippen molar-refractivity contribution in [3.05, 3.63) is 53.1 Å². The smallest absolute Gasteiger partial charge is 0.308 e. The highest BCUT2D eigenvalue weighted by atomic mass is 35.5. The van der Waals surface area contributed by atoms with Gasteiger partial charge in [0.05, 0.1) is 36.3 Å². The minimum Gasteiger partial charge on any atom is -0.490 e. The number of carbonyl (C=O) groups excluding carboxylic acids is 2. The summed E-state index contributed by atoms with van der Waals surface area (Å²) in [5.74, 6) is -0.357. The molecule has 2 heterocycles. The summed E-state index contributed by atoms with van der Waals surface area (Å²) < 4.78 is 44.8. The van der Waals surface area contributed by atoms with Gasteiger partial charge in [-0.05, 0) is 43.2 Å². The Balaban J connectivity index is 1.56. The molecule has 1 fully saturated rings. The number of ether oxygens (including phenoxy) is 3. The van der Waals surface area contributed by atoms with Crippen LogP contribution < -0.4 is 9.46 Å². The fourth-order valence-corrected chi connectivity index (χ4v) is 5.80. The van der Waals surface area contributed by atoms with Crippen molar-refractivity contribution in [1.29, 1.82) is 0 Å². The number of rotatable bonds is 5. The molecule has 2 aliphatic heterocycles. The first-order chi connectivity index (χ1) is 16.2. The van der Waals surface area contributed by atoms with Crippen LogP contribution in [0.5, 0.6) is 5.75 Å². The van der Waals surface area contributed by atoms with Crippen molar-refractivity contribution in [1.82, 2.24) is 4.90 Å². The number of methoxy groups -OCH3 is 1. The Labute approximate surface area is 203 Å². The van der Waals surface area contributed by atoms with Gasteiger partial charge in [0.1, 0.15) is 23.4 Å². The molecule has 0 aromatic heterocycles. The molecule has 182 valence electrons. The van der Waals surface area contributed by atoms with Crippen LogP contribution in [0.1, 0.15) is 29.6 Å². The minimum atomic E-state index is -3.96. The molecule has 11 heteroatoms. The predicted molar refractivity (Wildman–Crippen MR) is 125 cm³/mol. The van der Waals surface area contributed by atoms with Crippen LogP contribution in [-0.2, 0) is 24.3 Å². The summed E-state index contributed by atoms with van der Waals surface area (Å²) in [5, 5.41) is 0.0919. The first kappa shape index (κ1) is 24.3. The first-order valence-electron chi connectivity index (χ1n) is 10.7. The maximum atomic E-state index is 13.3. The zero-order valence-corrected chi connectivity index (χ0v) is 20.3. The van der Waals surface area contributed by atoms with Gasteiger partial charge < -0.3 is 19.1 Å². The van der Waals surface area contributed by atoms with Crippen molar-refractivity contribution in [2.24, 2.45) is 0 Å². The highest BCUT2D eigenvalue weighted by Gasteiger charge is 2.39. The van der Waals surface area contributed by atoms with Crippen LogP contribution >= 0.6 is 11.6 Å². The number of hydrogen-bond donors (Lipinski definition) is 1. The molecule has 2 aromatic rings. The van der Waals surface area contributed by atoms with Gasteiger partial charge in [0.15, 0.2) is 0 Å². The van der Waals surface area contributed by atoms with E-state index in [2.05, 4.69) is 4.72 Å². The third-order valence-corrected chi connectivity index (χ3v) is 7.89. The van der Waals surface area contributed by atoms with E-state index < -0.39 is 16.1 Å². The predicted octanol–water partition coefficient (Wildman–Crippen LogP) is 3.08. The number of carbonyl (C=O) groups is 2. The maximum absolute atomic E-state index is 13.3. The number of halogens is 1. The Morgan fingerprint density at radius 1 is 1.24 bits per heavy atom. The lowest BCUT2D eigenvalue weighted by Crippen LogP contribution is -2.53. The second-order valence-electron chi connectivity index (χ2n) is 8.20. The Hall–Kier alpha value is -2.82. The van der Waals surface area contributed by atoms with Gasteiger partial charge in [-0.1, -0.05) is 23.7 Å². The lowest BCUT2D eigenvalue weighted by molar-refractivity contribution is -0.151. The third-order valence-electron chi connectivity index (χ3n) is 6.01. The van der Waals surface area contributed by atoms with E-state index in [4.69, 9.17) is 25.8 Å². The van der Waals surface area contributed by atoms with Crippen molar-refractivity contribution in [2.45, 2.75) is 42.4 Å². The molecule has 0 aliphatic carbocycles. The highest BCUT2D eigenvalue weighted by molar-refractivity contribution is 7.92. The first-order valence-corrected chi connectivity index (χ1v) is 12.6. The zero-order valence-electron chi connectivity index (χ0n) is 18.7. The summed E-state index contributed by atoms with van der Waals surface area (Å²) in [5.41, 5.74) is 0.441. The molecule has 0 bridgehead atoms. The molecule has 3 atom stereocenters. The molecule has 2 aromatic carbocycles. The van der Waals surface area contributed by atoms with Gasteiger partial charge in [0.25, 0.3) is 15.9 Å². The summed E-state index contributed by atoms with van der Waals surface area (Å²) in [4.78, 5) is 26.5. The monoisotopic (exact) mass is 508 g/mol. The molecule has 2 aliphatic rings. The Bertz CT molecular complexity index is 1200. The number of hydrogen-bond acceptors (Lipinski definition) is 7. The second kappa shape index (κ2) is 9.81. The van der Waals surface area contributed by atoms with Crippen LogP contribution in [0.3, 0.4) is 0 Å². The number of esters is 1. The molecule has 4 rings (SSSR count). The summed E-state index contributed by atoms with van der Waals surface area (Å²) in [6, 6.07) is 10.4. The van der Waals surface area contributed by atoms with Crippen LogP contribution in [0.25, 0.3) is 0 Å². The van der Waals surface area contributed by atoms with Crippen molar-refractivity contribution in [3.8, 4) is 5.75 Å². The van der Waals surface area contributed by atoms with E-state index in [0.29, 0.717) is 18.6 Å².